The molecule has 0 aliphatic carbocycles. The molecule has 190 valence electrons. The monoisotopic (exact) mass is 508 g/mol. The Balaban J connectivity index is 1.33. The van der Waals surface area contributed by atoms with Crippen LogP contribution in [0.3, 0.4) is 0 Å². The van der Waals surface area contributed by atoms with E-state index >= 15 is 0 Å². The molecule has 6 rings (SSSR count). The third kappa shape index (κ3) is 3.99. The number of imidazole rings is 1. The van der Waals surface area contributed by atoms with Gasteiger partial charge in [-0.1, -0.05) is 24.3 Å². The van der Waals surface area contributed by atoms with Gasteiger partial charge in [0.2, 0.25) is 0 Å². The zero-order valence-electron chi connectivity index (χ0n) is 20.1. The van der Waals surface area contributed by atoms with Crippen LogP contribution in [0.1, 0.15) is 33.7 Å². The highest BCUT2D eigenvalue weighted by molar-refractivity contribution is 6.04. The van der Waals surface area contributed by atoms with Crippen LogP contribution in [0.5, 0.6) is 0 Å². The van der Waals surface area contributed by atoms with Crippen molar-refractivity contribution in [2.75, 3.05) is 29.9 Å². The highest BCUT2D eigenvalue weighted by atomic mass is 19.4. The van der Waals surface area contributed by atoms with Gasteiger partial charge in [-0.05, 0) is 43.7 Å². The fourth-order valence-electron chi connectivity index (χ4n) is 4.92. The Morgan fingerprint density at radius 3 is 2.54 bits per heavy atom. The van der Waals surface area contributed by atoms with E-state index in [0.29, 0.717) is 22.7 Å². The number of aromatic nitrogens is 4. The number of hydrogen-bond donors (Lipinski definition) is 1. The fraction of sp³-hybridized carbons (Fsp3) is 0.308. The number of ether oxygens (including phenoxy) is 1. The molecule has 1 amide bonds. The van der Waals surface area contributed by atoms with Gasteiger partial charge in [0.1, 0.15) is 17.2 Å². The summed E-state index contributed by atoms with van der Waals surface area (Å²) in [6.07, 6.45) is -3.51. The quantitative estimate of drug-likeness (QED) is 0.432. The lowest BCUT2D eigenvalue weighted by Crippen LogP contribution is -2.68. The van der Waals surface area contributed by atoms with Crippen LogP contribution in [0.25, 0.3) is 16.9 Å². The molecule has 0 radical (unpaired) electrons. The van der Waals surface area contributed by atoms with Crippen LogP contribution < -0.4 is 10.2 Å². The Morgan fingerprint density at radius 1 is 1.08 bits per heavy atom. The molecular weight excluding hydrogens is 485 g/mol. The van der Waals surface area contributed by atoms with Crippen molar-refractivity contribution in [2.24, 2.45) is 0 Å². The average Bonchev–Trinajstić information content (AvgIpc) is 3.13. The van der Waals surface area contributed by atoms with E-state index in [1.165, 1.54) is 22.7 Å². The second kappa shape index (κ2) is 8.27. The normalized spacial score (nSPS) is 16.5. The molecule has 0 unspecified atom stereocenters. The Labute approximate surface area is 210 Å². The molecule has 37 heavy (non-hydrogen) atoms. The van der Waals surface area contributed by atoms with Gasteiger partial charge in [0.15, 0.2) is 11.3 Å². The van der Waals surface area contributed by atoms with Crippen molar-refractivity contribution < 1.29 is 22.7 Å². The highest BCUT2D eigenvalue weighted by Crippen LogP contribution is 2.38. The SMILES string of the molecule is Cc1nc2c(C)cc(-c3ccccc3C(F)(F)F)nn2c1C(=O)Nc1cccc(N2CC3(CCO3)C2)n1. The number of halogens is 3. The Morgan fingerprint density at radius 2 is 1.84 bits per heavy atom. The molecule has 0 atom stereocenters. The van der Waals surface area contributed by atoms with Crippen LogP contribution >= 0.6 is 0 Å². The number of carbonyl (C=O) groups is 1. The van der Waals surface area contributed by atoms with E-state index in [2.05, 4.69) is 25.3 Å². The molecule has 8 nitrogen and oxygen atoms in total. The molecular formula is C26H23F3N6O2. The maximum absolute atomic E-state index is 13.7. The number of pyridine rings is 1. The number of rotatable bonds is 4. The molecule has 0 saturated carbocycles. The average molecular weight is 509 g/mol. The third-order valence-electron chi connectivity index (χ3n) is 6.89. The van der Waals surface area contributed by atoms with Gasteiger partial charge in [0.05, 0.1) is 36.6 Å². The van der Waals surface area contributed by atoms with E-state index in [1.54, 1.807) is 32.0 Å². The maximum atomic E-state index is 13.7. The summed E-state index contributed by atoms with van der Waals surface area (Å²) < 4.78 is 47.9. The zero-order valence-corrected chi connectivity index (χ0v) is 20.1. The molecule has 2 aliphatic rings. The van der Waals surface area contributed by atoms with E-state index in [-0.39, 0.29) is 22.6 Å². The lowest BCUT2D eigenvalue weighted by molar-refractivity contribution is -0.161. The van der Waals surface area contributed by atoms with E-state index in [0.717, 1.165) is 38.0 Å². The van der Waals surface area contributed by atoms with Gasteiger partial charge >= 0.3 is 6.18 Å². The number of fused-ring (bicyclic) bond motifs is 1. The molecule has 1 spiro atoms. The van der Waals surface area contributed by atoms with Gasteiger partial charge in [-0.3, -0.25) is 4.79 Å². The molecule has 1 aromatic carbocycles. The smallest absolute Gasteiger partial charge is 0.371 e. The van der Waals surface area contributed by atoms with Crippen molar-refractivity contribution >= 4 is 23.2 Å². The molecule has 0 bridgehead atoms. The first-order valence-corrected chi connectivity index (χ1v) is 11.8. The minimum Gasteiger partial charge on any atom is -0.371 e. The number of anilines is 2. The van der Waals surface area contributed by atoms with Crippen molar-refractivity contribution in [2.45, 2.75) is 32.0 Å². The summed E-state index contributed by atoms with van der Waals surface area (Å²) in [6.45, 7) is 5.69. The Hall–Kier alpha value is -3.99. The number of aryl methyl sites for hydroxylation is 2. The highest BCUT2D eigenvalue weighted by Gasteiger charge is 2.49. The fourth-order valence-corrected chi connectivity index (χ4v) is 4.92. The van der Waals surface area contributed by atoms with Crippen LogP contribution in [-0.4, -0.2) is 50.8 Å². The van der Waals surface area contributed by atoms with Crippen LogP contribution in [0.15, 0.2) is 48.5 Å². The van der Waals surface area contributed by atoms with E-state index in [4.69, 9.17) is 4.74 Å². The summed E-state index contributed by atoms with van der Waals surface area (Å²) in [7, 11) is 0. The zero-order chi connectivity index (χ0) is 25.9. The molecule has 11 heteroatoms. The molecule has 2 aliphatic heterocycles. The Bertz CT molecular complexity index is 1540. The minimum absolute atomic E-state index is 0.0550. The first-order chi connectivity index (χ1) is 17.6. The number of amides is 1. The number of nitrogens with one attached hydrogen (secondary N) is 1. The van der Waals surface area contributed by atoms with Crippen molar-refractivity contribution in [3.8, 4) is 11.3 Å². The van der Waals surface area contributed by atoms with E-state index < -0.39 is 17.6 Å². The minimum atomic E-state index is -4.55. The second-order valence-electron chi connectivity index (χ2n) is 9.51. The van der Waals surface area contributed by atoms with Gasteiger partial charge in [-0.25, -0.2) is 14.5 Å². The maximum Gasteiger partial charge on any atom is 0.417 e. The van der Waals surface area contributed by atoms with Gasteiger partial charge in [-0.15, -0.1) is 0 Å². The summed E-state index contributed by atoms with van der Waals surface area (Å²) in [5.41, 5.74) is 0.674. The van der Waals surface area contributed by atoms with Crippen molar-refractivity contribution in [3.63, 3.8) is 0 Å². The summed E-state index contributed by atoms with van der Waals surface area (Å²) in [5.74, 6) is 0.571. The largest absolute Gasteiger partial charge is 0.417 e. The molecule has 1 N–H and O–H groups in total. The van der Waals surface area contributed by atoms with Gasteiger partial charge in [0.25, 0.3) is 5.91 Å². The summed E-state index contributed by atoms with van der Waals surface area (Å²) in [6, 6.07) is 12.1. The van der Waals surface area contributed by atoms with Crippen molar-refractivity contribution in [3.05, 3.63) is 71.0 Å². The standard InChI is InChI=1S/C26H23F3N6O2/c1-15-12-19(17-6-3-4-7-18(17)26(27,28)29)33-35-22(16(2)30-23(15)35)24(36)32-20-8-5-9-21(31-20)34-13-25(14-34)10-11-37-25/h3-9,12H,10-11,13-14H2,1-2H3,(H,31,32,36). The number of benzene rings is 1. The molecule has 4 aromatic rings. The summed E-state index contributed by atoms with van der Waals surface area (Å²) >= 11 is 0. The first-order valence-electron chi connectivity index (χ1n) is 11.8. The van der Waals surface area contributed by atoms with Gasteiger partial charge < -0.3 is 15.0 Å². The number of hydrogen-bond acceptors (Lipinski definition) is 6. The number of carbonyl (C=O) groups excluding carboxylic acids is 1. The van der Waals surface area contributed by atoms with Crippen LogP contribution in [-0.2, 0) is 10.9 Å². The second-order valence-corrected chi connectivity index (χ2v) is 9.51. The number of nitrogens with zero attached hydrogens (tertiary/aromatic N) is 5. The summed E-state index contributed by atoms with van der Waals surface area (Å²) in [4.78, 5) is 24.5. The van der Waals surface area contributed by atoms with Crippen LogP contribution in [0.2, 0.25) is 0 Å². The topological polar surface area (TPSA) is 84.7 Å². The third-order valence-corrected chi connectivity index (χ3v) is 6.89. The van der Waals surface area contributed by atoms with Crippen molar-refractivity contribution in [1.82, 2.24) is 19.6 Å². The molecule has 2 fully saturated rings. The van der Waals surface area contributed by atoms with E-state index in [9.17, 15) is 18.0 Å². The number of alkyl halides is 3. The Kier molecular flexibility index (Phi) is 5.23. The predicted octanol–water partition coefficient (Wildman–Crippen LogP) is 4.66. The first kappa shape index (κ1) is 23.4. The van der Waals surface area contributed by atoms with Crippen LogP contribution in [0, 0.1) is 13.8 Å². The molecule has 5 heterocycles. The van der Waals surface area contributed by atoms with Crippen LogP contribution in [0.4, 0.5) is 24.8 Å². The molecule has 3 aromatic heterocycles. The van der Waals surface area contributed by atoms with Gasteiger partial charge in [0, 0.05) is 12.0 Å². The lowest BCUT2D eigenvalue weighted by atomic mass is 9.86. The van der Waals surface area contributed by atoms with E-state index in [1.807, 2.05) is 6.07 Å². The molecule has 2 saturated heterocycles. The van der Waals surface area contributed by atoms with Gasteiger partial charge in [-0.2, -0.15) is 18.3 Å². The lowest BCUT2D eigenvalue weighted by Gasteiger charge is -2.55. The summed E-state index contributed by atoms with van der Waals surface area (Å²) in [5, 5.41) is 7.21. The predicted molar refractivity (Wildman–Crippen MR) is 131 cm³/mol. The van der Waals surface area contributed by atoms with Crippen molar-refractivity contribution in [1.29, 1.82) is 0 Å².